The van der Waals surface area contributed by atoms with E-state index in [-0.39, 0.29) is 5.91 Å². The van der Waals surface area contributed by atoms with Gasteiger partial charge in [-0.2, -0.15) is 5.10 Å². The number of aromatic nitrogens is 2. The van der Waals surface area contributed by atoms with Crippen molar-refractivity contribution in [2.75, 3.05) is 6.54 Å². The van der Waals surface area contributed by atoms with E-state index < -0.39 is 30.1 Å². The zero-order chi connectivity index (χ0) is 19.6. The number of halogens is 1. The van der Waals surface area contributed by atoms with Crippen LogP contribution in [0.15, 0.2) is 30.5 Å². The maximum atomic E-state index is 14.8. The highest BCUT2D eigenvalue weighted by molar-refractivity contribution is 5.82. The molecule has 1 fully saturated rings. The van der Waals surface area contributed by atoms with Gasteiger partial charge in [0, 0.05) is 24.8 Å². The fourth-order valence-corrected chi connectivity index (χ4v) is 3.40. The molecule has 27 heavy (non-hydrogen) atoms. The van der Waals surface area contributed by atoms with Gasteiger partial charge in [0.25, 0.3) is 0 Å². The van der Waals surface area contributed by atoms with Crippen molar-refractivity contribution in [1.82, 2.24) is 20.4 Å². The fourth-order valence-electron chi connectivity index (χ4n) is 3.40. The molecule has 0 aliphatic carbocycles. The summed E-state index contributed by atoms with van der Waals surface area (Å²) in [5.41, 5.74) is 1.55. The molecule has 0 radical (unpaired) electrons. The average molecular weight is 376 g/mol. The second-order valence-corrected chi connectivity index (χ2v) is 6.85. The van der Waals surface area contributed by atoms with Crippen LogP contribution in [0.5, 0.6) is 0 Å². The first-order valence-electron chi connectivity index (χ1n) is 9.12. The van der Waals surface area contributed by atoms with Gasteiger partial charge in [-0.3, -0.25) is 9.48 Å². The maximum absolute atomic E-state index is 14.8. The standard InChI is InChI=1S/C19H25FN4O3/c1-3-24-17(6-7-22-24)14-5-4-12(8-15(14)20)18(11(2)25)23-19(27)16-9-13(26)10-21-16/h4-8,11,13,16,18,21,25-26H,3,9-10H2,1-2H3,(H,23,27)/t11-,13?,16?,18-/m0/s1. The highest BCUT2D eigenvalue weighted by Crippen LogP contribution is 2.27. The first kappa shape index (κ1) is 19.5. The number of hydrogen-bond donors (Lipinski definition) is 4. The van der Waals surface area contributed by atoms with E-state index in [1.807, 2.05) is 6.92 Å². The number of β-amino-alcohol motifs (C(OH)–C–C–N with tert-alkyl or cyclic N) is 1. The molecule has 1 aromatic heterocycles. The van der Waals surface area contributed by atoms with Crippen molar-refractivity contribution in [1.29, 1.82) is 0 Å². The zero-order valence-electron chi connectivity index (χ0n) is 15.4. The third-order valence-electron chi connectivity index (χ3n) is 4.85. The molecule has 4 atom stereocenters. The van der Waals surface area contributed by atoms with Gasteiger partial charge in [0.05, 0.1) is 30.0 Å². The van der Waals surface area contributed by atoms with Crippen LogP contribution in [0.3, 0.4) is 0 Å². The van der Waals surface area contributed by atoms with Crippen LogP contribution < -0.4 is 10.6 Å². The summed E-state index contributed by atoms with van der Waals surface area (Å²) in [7, 11) is 0. The largest absolute Gasteiger partial charge is 0.392 e. The first-order valence-corrected chi connectivity index (χ1v) is 9.12. The van der Waals surface area contributed by atoms with Crippen molar-refractivity contribution < 1.29 is 19.4 Å². The summed E-state index contributed by atoms with van der Waals surface area (Å²) in [5.74, 6) is -0.775. The number of aryl methyl sites for hydroxylation is 1. The smallest absolute Gasteiger partial charge is 0.237 e. The van der Waals surface area contributed by atoms with Gasteiger partial charge in [-0.05, 0) is 44.0 Å². The minimum Gasteiger partial charge on any atom is -0.392 e. The van der Waals surface area contributed by atoms with Crippen molar-refractivity contribution in [2.45, 2.75) is 51.1 Å². The Balaban J connectivity index is 1.82. The molecule has 0 saturated carbocycles. The van der Waals surface area contributed by atoms with Gasteiger partial charge in [0.1, 0.15) is 5.82 Å². The molecule has 2 aromatic rings. The number of hydrogen-bond acceptors (Lipinski definition) is 5. The molecule has 1 saturated heterocycles. The van der Waals surface area contributed by atoms with Crippen LogP contribution in [0, 0.1) is 5.82 Å². The van der Waals surface area contributed by atoms with Crippen LogP contribution in [0.4, 0.5) is 4.39 Å². The second-order valence-electron chi connectivity index (χ2n) is 6.85. The third kappa shape index (κ3) is 4.18. The van der Waals surface area contributed by atoms with Gasteiger partial charge in [0.15, 0.2) is 0 Å². The monoisotopic (exact) mass is 376 g/mol. The lowest BCUT2D eigenvalue weighted by Crippen LogP contribution is -2.44. The Bertz CT molecular complexity index is 808. The van der Waals surface area contributed by atoms with E-state index in [2.05, 4.69) is 15.7 Å². The van der Waals surface area contributed by atoms with Crippen molar-refractivity contribution in [2.24, 2.45) is 0 Å². The Morgan fingerprint density at radius 1 is 1.48 bits per heavy atom. The highest BCUT2D eigenvalue weighted by atomic mass is 19.1. The first-order chi connectivity index (χ1) is 12.9. The van der Waals surface area contributed by atoms with Gasteiger partial charge in [-0.1, -0.05) is 6.07 Å². The molecule has 1 aliphatic heterocycles. The number of amides is 1. The van der Waals surface area contributed by atoms with Crippen LogP contribution in [-0.4, -0.2) is 50.7 Å². The third-order valence-corrected chi connectivity index (χ3v) is 4.85. The van der Waals surface area contributed by atoms with E-state index >= 15 is 0 Å². The number of nitrogens with zero attached hydrogens (tertiary/aromatic N) is 2. The molecule has 3 rings (SSSR count). The van der Waals surface area contributed by atoms with Gasteiger partial charge in [-0.15, -0.1) is 0 Å². The van der Waals surface area contributed by atoms with E-state index in [0.717, 1.165) is 0 Å². The molecule has 1 aromatic carbocycles. The molecule has 1 aliphatic rings. The van der Waals surface area contributed by atoms with Gasteiger partial charge in [-0.25, -0.2) is 4.39 Å². The summed E-state index contributed by atoms with van der Waals surface area (Å²) in [5, 5.41) is 29.5. The quantitative estimate of drug-likeness (QED) is 0.602. The average Bonchev–Trinajstić information content (AvgIpc) is 3.27. The topological polar surface area (TPSA) is 99.4 Å². The molecule has 1 amide bonds. The van der Waals surface area contributed by atoms with Crippen LogP contribution in [0.1, 0.15) is 31.9 Å². The maximum Gasteiger partial charge on any atom is 0.237 e. The Hall–Kier alpha value is -2.29. The normalized spacial score (nSPS) is 21.8. The minimum atomic E-state index is -0.910. The lowest BCUT2D eigenvalue weighted by molar-refractivity contribution is -0.124. The van der Waals surface area contributed by atoms with Crippen molar-refractivity contribution in [3.8, 4) is 11.3 Å². The molecule has 0 spiro atoms. The number of benzene rings is 1. The van der Waals surface area contributed by atoms with E-state index in [1.54, 1.807) is 36.0 Å². The summed E-state index contributed by atoms with van der Waals surface area (Å²) in [6.07, 6.45) is 0.457. The molecule has 7 nitrogen and oxygen atoms in total. The molecular formula is C19H25FN4O3. The number of aliphatic hydroxyl groups excluding tert-OH is 2. The molecular weight excluding hydrogens is 351 g/mol. The van der Waals surface area contributed by atoms with Crippen LogP contribution in [0.25, 0.3) is 11.3 Å². The minimum absolute atomic E-state index is 0.312. The molecule has 146 valence electrons. The molecule has 2 heterocycles. The summed E-state index contributed by atoms with van der Waals surface area (Å²) < 4.78 is 16.5. The predicted molar refractivity (Wildman–Crippen MR) is 98.3 cm³/mol. The van der Waals surface area contributed by atoms with E-state index in [4.69, 9.17) is 0 Å². The zero-order valence-corrected chi connectivity index (χ0v) is 15.4. The van der Waals surface area contributed by atoms with Gasteiger partial charge >= 0.3 is 0 Å². The number of nitrogens with one attached hydrogen (secondary N) is 2. The number of rotatable bonds is 6. The lowest BCUT2D eigenvalue weighted by Gasteiger charge is -2.24. The van der Waals surface area contributed by atoms with Crippen LogP contribution in [-0.2, 0) is 11.3 Å². The highest BCUT2D eigenvalue weighted by Gasteiger charge is 2.31. The van der Waals surface area contributed by atoms with Crippen molar-refractivity contribution >= 4 is 5.91 Å². The molecule has 0 bridgehead atoms. The van der Waals surface area contributed by atoms with Gasteiger partial charge in [0.2, 0.25) is 5.91 Å². The number of aliphatic hydroxyl groups is 2. The molecule has 4 N–H and O–H groups in total. The summed E-state index contributed by atoms with van der Waals surface area (Å²) in [6.45, 7) is 4.44. The molecule has 8 heteroatoms. The van der Waals surface area contributed by atoms with Crippen LogP contribution in [0.2, 0.25) is 0 Å². The fraction of sp³-hybridized carbons (Fsp3) is 0.474. The van der Waals surface area contributed by atoms with Gasteiger partial charge < -0.3 is 20.8 Å². The Morgan fingerprint density at radius 2 is 2.26 bits per heavy atom. The summed E-state index contributed by atoms with van der Waals surface area (Å²) >= 11 is 0. The van der Waals surface area contributed by atoms with E-state index in [1.165, 1.54) is 6.07 Å². The van der Waals surface area contributed by atoms with E-state index in [9.17, 15) is 19.4 Å². The number of carbonyl (C=O) groups excluding carboxylic acids is 1. The Labute approximate surface area is 157 Å². The summed E-state index contributed by atoms with van der Waals surface area (Å²) in [6, 6.07) is 5.12. The lowest BCUT2D eigenvalue weighted by atomic mass is 9.98. The Kier molecular flexibility index (Phi) is 5.88. The molecule has 2 unspecified atom stereocenters. The van der Waals surface area contributed by atoms with E-state index in [0.29, 0.717) is 36.3 Å². The Morgan fingerprint density at radius 3 is 2.85 bits per heavy atom. The summed E-state index contributed by atoms with van der Waals surface area (Å²) in [4.78, 5) is 12.4. The van der Waals surface area contributed by atoms with Crippen molar-refractivity contribution in [3.05, 3.63) is 41.8 Å². The van der Waals surface area contributed by atoms with Crippen LogP contribution >= 0.6 is 0 Å². The SMILES string of the molecule is CCn1nccc1-c1ccc([C@@H](NC(=O)C2CC(O)CN2)[C@H](C)O)cc1F. The predicted octanol–water partition coefficient (Wildman–Crippen LogP) is 0.970. The number of carbonyl (C=O) groups is 1. The second kappa shape index (κ2) is 8.16. The van der Waals surface area contributed by atoms with Crippen molar-refractivity contribution in [3.63, 3.8) is 0 Å².